The van der Waals surface area contributed by atoms with E-state index in [1.165, 1.54) is 30.5 Å². The zero-order valence-corrected chi connectivity index (χ0v) is 17.2. The van der Waals surface area contributed by atoms with Crippen molar-refractivity contribution in [2.75, 3.05) is 6.61 Å². The van der Waals surface area contributed by atoms with E-state index in [-0.39, 0.29) is 12.3 Å². The Labute approximate surface area is 187 Å². The molecule has 0 fully saturated rings. The fourth-order valence-corrected chi connectivity index (χ4v) is 2.52. The number of carbonyl (C=O) groups is 2. The van der Waals surface area contributed by atoms with Gasteiger partial charge in [0.15, 0.2) is 6.61 Å². The second kappa shape index (κ2) is 10.7. The highest BCUT2D eigenvalue weighted by Crippen LogP contribution is 2.17. The predicted octanol–water partition coefficient (Wildman–Crippen LogP) is 4.00. The number of benzene rings is 3. The number of hydrogen-bond acceptors (Lipinski definition) is 7. The lowest BCUT2D eigenvalue weighted by atomic mass is 10.2. The molecule has 1 N–H and O–H groups in total. The molecule has 9 nitrogen and oxygen atoms in total. The van der Waals surface area contributed by atoms with Gasteiger partial charge in [0.25, 0.3) is 11.6 Å². The lowest BCUT2D eigenvalue weighted by Crippen LogP contribution is -2.24. The summed E-state index contributed by atoms with van der Waals surface area (Å²) in [4.78, 5) is 34.0. The van der Waals surface area contributed by atoms with Crippen LogP contribution in [0.15, 0.2) is 77.9 Å². The van der Waals surface area contributed by atoms with Crippen LogP contribution in [0.4, 0.5) is 5.69 Å². The quantitative estimate of drug-likeness (QED) is 0.181. The zero-order chi connectivity index (χ0) is 22.9. The Balaban J connectivity index is 1.44. The van der Waals surface area contributed by atoms with Crippen LogP contribution in [0.2, 0.25) is 5.02 Å². The number of nitro benzene ring substituents is 1. The normalized spacial score (nSPS) is 10.5. The molecule has 10 heteroatoms. The number of halogens is 1. The van der Waals surface area contributed by atoms with E-state index in [1.54, 1.807) is 48.5 Å². The molecular weight excluding hydrogens is 438 g/mol. The first kappa shape index (κ1) is 22.4. The summed E-state index contributed by atoms with van der Waals surface area (Å²) in [5.74, 6) is -0.349. The molecule has 0 atom stereocenters. The number of nitrogens with zero attached hydrogens (tertiary/aromatic N) is 2. The molecule has 0 aliphatic carbocycles. The van der Waals surface area contributed by atoms with E-state index in [0.29, 0.717) is 27.6 Å². The summed E-state index contributed by atoms with van der Waals surface area (Å²) in [7, 11) is 0. The molecule has 0 aliphatic heterocycles. The monoisotopic (exact) mass is 453 g/mol. The van der Waals surface area contributed by atoms with Gasteiger partial charge in [-0.15, -0.1) is 0 Å². The van der Waals surface area contributed by atoms with Gasteiger partial charge >= 0.3 is 5.97 Å². The second-order valence-electron chi connectivity index (χ2n) is 6.30. The van der Waals surface area contributed by atoms with Gasteiger partial charge in [0.05, 0.1) is 16.7 Å². The van der Waals surface area contributed by atoms with Crippen LogP contribution in [0.5, 0.6) is 11.5 Å². The molecule has 0 radical (unpaired) electrons. The summed E-state index contributed by atoms with van der Waals surface area (Å²) in [5.41, 5.74) is 3.27. The summed E-state index contributed by atoms with van der Waals surface area (Å²) in [6, 6.07) is 18.2. The number of rotatable bonds is 8. The lowest BCUT2D eigenvalue weighted by Gasteiger charge is -2.05. The van der Waals surface area contributed by atoms with Gasteiger partial charge in [0.1, 0.15) is 11.5 Å². The van der Waals surface area contributed by atoms with Crippen molar-refractivity contribution in [1.29, 1.82) is 0 Å². The van der Waals surface area contributed by atoms with Crippen LogP contribution in [0.25, 0.3) is 0 Å². The molecule has 0 bridgehead atoms. The van der Waals surface area contributed by atoms with Gasteiger partial charge in [-0.2, -0.15) is 5.10 Å². The van der Waals surface area contributed by atoms with Crippen molar-refractivity contribution in [3.05, 3.63) is 99.1 Å². The molecule has 3 aromatic rings. The number of carbonyl (C=O) groups excluding carboxylic acids is 2. The van der Waals surface area contributed by atoms with E-state index in [4.69, 9.17) is 21.1 Å². The first-order chi connectivity index (χ1) is 15.4. The number of nitro groups is 1. The van der Waals surface area contributed by atoms with E-state index in [2.05, 4.69) is 10.5 Å². The summed E-state index contributed by atoms with van der Waals surface area (Å²) in [5, 5.41) is 15.0. The van der Waals surface area contributed by atoms with Crippen LogP contribution in [0, 0.1) is 10.1 Å². The maximum atomic E-state index is 12.1. The third-order valence-corrected chi connectivity index (χ3v) is 4.24. The van der Waals surface area contributed by atoms with Crippen molar-refractivity contribution in [3.8, 4) is 11.5 Å². The topological polar surface area (TPSA) is 120 Å². The van der Waals surface area contributed by atoms with Crippen molar-refractivity contribution in [3.63, 3.8) is 0 Å². The van der Waals surface area contributed by atoms with Crippen LogP contribution >= 0.6 is 11.6 Å². The summed E-state index contributed by atoms with van der Waals surface area (Å²) < 4.78 is 10.5. The van der Waals surface area contributed by atoms with Gasteiger partial charge in [0, 0.05) is 17.2 Å². The number of amides is 1. The average Bonchev–Trinajstić information content (AvgIpc) is 2.79. The molecule has 32 heavy (non-hydrogen) atoms. The number of ether oxygens (including phenoxy) is 2. The summed E-state index contributed by atoms with van der Waals surface area (Å²) in [6.45, 7) is -0.311. The highest BCUT2D eigenvalue weighted by molar-refractivity contribution is 6.30. The highest BCUT2D eigenvalue weighted by atomic mass is 35.5. The Morgan fingerprint density at radius 2 is 1.59 bits per heavy atom. The number of hydrazone groups is 1. The van der Waals surface area contributed by atoms with E-state index >= 15 is 0 Å². The molecule has 0 spiro atoms. The minimum atomic E-state index is -0.526. The largest absolute Gasteiger partial charge is 0.484 e. The van der Waals surface area contributed by atoms with Crippen LogP contribution in [0.3, 0.4) is 0 Å². The fraction of sp³-hybridized carbons (Fsp3) is 0.0455. The molecule has 1 amide bonds. The lowest BCUT2D eigenvalue weighted by molar-refractivity contribution is -0.384. The molecule has 162 valence electrons. The van der Waals surface area contributed by atoms with Crippen LogP contribution in [-0.4, -0.2) is 29.6 Å². The standard InChI is InChI=1S/C22H16ClN3O6/c23-17-5-3-16(4-6-17)22(28)32-20-9-1-15(2-10-20)13-24-25-21(27)14-31-19-11-7-18(8-12-19)26(29)30/h1-13H,14H2,(H,25,27). The number of nitrogens with one attached hydrogen (secondary N) is 1. The van der Waals surface area contributed by atoms with Crippen molar-refractivity contribution >= 4 is 35.4 Å². The van der Waals surface area contributed by atoms with Gasteiger partial charge in [-0.1, -0.05) is 11.6 Å². The number of hydrogen-bond donors (Lipinski definition) is 1. The summed E-state index contributed by atoms with van der Waals surface area (Å²) >= 11 is 5.80. The molecule has 0 aromatic heterocycles. The minimum Gasteiger partial charge on any atom is -0.484 e. The van der Waals surface area contributed by atoms with E-state index in [9.17, 15) is 19.7 Å². The Bertz CT molecular complexity index is 1130. The predicted molar refractivity (Wildman–Crippen MR) is 117 cm³/mol. The van der Waals surface area contributed by atoms with E-state index in [0.717, 1.165) is 0 Å². The molecule has 0 heterocycles. The molecule has 0 unspecified atom stereocenters. The molecule has 0 aliphatic rings. The first-order valence-corrected chi connectivity index (χ1v) is 9.55. The zero-order valence-electron chi connectivity index (χ0n) is 16.4. The second-order valence-corrected chi connectivity index (χ2v) is 6.73. The fourth-order valence-electron chi connectivity index (χ4n) is 2.40. The van der Waals surface area contributed by atoms with Gasteiger partial charge in [-0.05, 0) is 66.2 Å². The average molecular weight is 454 g/mol. The van der Waals surface area contributed by atoms with Crippen molar-refractivity contribution in [2.24, 2.45) is 5.10 Å². The van der Waals surface area contributed by atoms with Gasteiger partial charge in [-0.3, -0.25) is 14.9 Å². The SMILES string of the molecule is O=C(COc1ccc([N+](=O)[O-])cc1)NN=Cc1ccc(OC(=O)c2ccc(Cl)cc2)cc1. The molecular formula is C22H16ClN3O6. The van der Waals surface area contributed by atoms with Crippen molar-refractivity contribution in [1.82, 2.24) is 5.43 Å². The van der Waals surface area contributed by atoms with Crippen LogP contribution < -0.4 is 14.9 Å². The summed E-state index contributed by atoms with van der Waals surface area (Å²) in [6.07, 6.45) is 1.41. The smallest absolute Gasteiger partial charge is 0.343 e. The maximum Gasteiger partial charge on any atom is 0.343 e. The van der Waals surface area contributed by atoms with Gasteiger partial charge in [-0.25, -0.2) is 10.2 Å². The molecule has 3 rings (SSSR count). The van der Waals surface area contributed by atoms with Crippen LogP contribution in [-0.2, 0) is 4.79 Å². The number of esters is 1. The molecule has 0 saturated heterocycles. The van der Waals surface area contributed by atoms with Crippen LogP contribution in [0.1, 0.15) is 15.9 Å². The van der Waals surface area contributed by atoms with E-state index < -0.39 is 16.8 Å². The molecule has 3 aromatic carbocycles. The third-order valence-electron chi connectivity index (χ3n) is 3.99. The van der Waals surface area contributed by atoms with Gasteiger partial charge < -0.3 is 9.47 Å². The molecule has 0 saturated carbocycles. The Morgan fingerprint density at radius 1 is 0.969 bits per heavy atom. The maximum absolute atomic E-state index is 12.1. The Morgan fingerprint density at radius 3 is 2.22 bits per heavy atom. The van der Waals surface area contributed by atoms with Crippen molar-refractivity contribution in [2.45, 2.75) is 0 Å². The number of non-ortho nitro benzene ring substituents is 1. The Hall–Kier alpha value is -4.24. The van der Waals surface area contributed by atoms with Crippen molar-refractivity contribution < 1.29 is 24.0 Å². The third kappa shape index (κ3) is 6.64. The highest BCUT2D eigenvalue weighted by Gasteiger charge is 2.08. The minimum absolute atomic E-state index is 0.0721. The van der Waals surface area contributed by atoms with E-state index in [1.807, 2.05) is 0 Å². The first-order valence-electron chi connectivity index (χ1n) is 9.18. The Kier molecular flexibility index (Phi) is 7.50. The van der Waals surface area contributed by atoms with Gasteiger partial charge in [0.2, 0.25) is 0 Å².